The second-order valence-corrected chi connectivity index (χ2v) is 17.6. The first kappa shape index (κ1) is 36.1. The van der Waals surface area contributed by atoms with Crippen molar-refractivity contribution in [2.45, 2.75) is 90.9 Å². The van der Waals surface area contributed by atoms with Gasteiger partial charge in [-0.05, 0) is 147 Å². The molecule has 0 unspecified atom stereocenters. The largest absolute Gasteiger partial charge is 0.311 e. The highest BCUT2D eigenvalue weighted by Crippen LogP contribution is 2.63. The maximum absolute atomic E-state index is 2.51. The Morgan fingerprint density at radius 1 is 0.464 bits per heavy atom. The summed E-state index contributed by atoms with van der Waals surface area (Å²) in [7, 11) is 0. The average Bonchev–Trinajstić information content (AvgIpc) is 3.58. The minimum absolute atomic E-state index is 0.192. The molecular formula is C54H54N2. The summed E-state index contributed by atoms with van der Waals surface area (Å²) in [6.45, 7) is 19.6. The molecule has 0 N–H and O–H groups in total. The van der Waals surface area contributed by atoms with Crippen molar-refractivity contribution in [2.24, 2.45) is 0 Å². The zero-order valence-corrected chi connectivity index (χ0v) is 34.3. The van der Waals surface area contributed by atoms with Gasteiger partial charge in [0.05, 0.1) is 0 Å². The number of hydrogen-bond donors (Lipinski definition) is 0. The first-order valence-corrected chi connectivity index (χ1v) is 20.7. The Morgan fingerprint density at radius 3 is 1.27 bits per heavy atom. The molecule has 2 nitrogen and oxygen atoms in total. The molecule has 3 aliphatic carbocycles. The molecule has 6 aromatic carbocycles. The quantitative estimate of drug-likeness (QED) is 0.154. The Hall–Kier alpha value is -5.60. The summed E-state index contributed by atoms with van der Waals surface area (Å²) in [5, 5.41) is 0. The Kier molecular flexibility index (Phi) is 8.73. The number of hydrogen-bond acceptors (Lipinski definition) is 2. The third kappa shape index (κ3) is 5.52. The maximum Gasteiger partial charge on any atom is 0.0465 e. The van der Waals surface area contributed by atoms with E-state index in [2.05, 4.69) is 211 Å². The molecule has 0 aromatic heterocycles. The van der Waals surface area contributed by atoms with E-state index >= 15 is 0 Å². The Labute approximate surface area is 334 Å². The third-order valence-electron chi connectivity index (χ3n) is 12.7. The molecule has 0 bridgehead atoms. The second kappa shape index (κ2) is 13.6. The zero-order chi connectivity index (χ0) is 38.9. The second-order valence-electron chi connectivity index (χ2n) is 17.6. The number of fused-ring (bicyclic) bond motifs is 6. The number of nitrogens with zero attached hydrogens (tertiary/aromatic N) is 2. The molecule has 9 rings (SSSR count). The highest BCUT2D eigenvalue weighted by molar-refractivity contribution is 5.97. The molecule has 0 radical (unpaired) electrons. The fraction of sp³-hybridized carbons (Fsp3) is 0.259. The topological polar surface area (TPSA) is 6.48 Å². The van der Waals surface area contributed by atoms with Crippen LogP contribution in [0.3, 0.4) is 0 Å². The number of benzene rings is 6. The van der Waals surface area contributed by atoms with Crippen molar-refractivity contribution in [3.63, 3.8) is 0 Å². The molecule has 0 aliphatic heterocycles. The lowest BCUT2D eigenvalue weighted by molar-refractivity contribution is 0.627. The van der Waals surface area contributed by atoms with Gasteiger partial charge >= 0.3 is 0 Å². The summed E-state index contributed by atoms with van der Waals surface area (Å²) >= 11 is 0. The summed E-state index contributed by atoms with van der Waals surface area (Å²) in [5.41, 5.74) is 21.4. The van der Waals surface area contributed by atoms with E-state index < -0.39 is 0 Å². The monoisotopic (exact) mass is 730 g/mol. The molecule has 0 spiro atoms. The maximum atomic E-state index is 2.51. The van der Waals surface area contributed by atoms with Gasteiger partial charge in [-0.25, -0.2) is 0 Å². The smallest absolute Gasteiger partial charge is 0.0465 e. The van der Waals surface area contributed by atoms with Crippen molar-refractivity contribution in [3.8, 4) is 22.3 Å². The van der Waals surface area contributed by atoms with Crippen LogP contribution < -0.4 is 9.80 Å². The van der Waals surface area contributed by atoms with Gasteiger partial charge in [-0.1, -0.05) is 134 Å². The molecule has 0 saturated heterocycles. The molecule has 280 valence electrons. The summed E-state index contributed by atoms with van der Waals surface area (Å²) in [5.74, 6) is 0.688. The van der Waals surface area contributed by atoms with E-state index in [-0.39, 0.29) is 10.8 Å². The zero-order valence-electron chi connectivity index (χ0n) is 34.3. The first-order chi connectivity index (χ1) is 27.0. The van der Waals surface area contributed by atoms with E-state index in [1.807, 2.05) is 0 Å². The SMILES string of the molecule is CC(C)c1c2c(c(C(C)C)c3c1C(C)(C)c1cc(N(C4=CCCC=C4)c4ccccc4)ccc1-3)C(C)(C)c1cc(N(c3ccccc3)c3ccccc3)ccc1-2. The number of anilines is 5. The van der Waals surface area contributed by atoms with E-state index in [0.29, 0.717) is 11.8 Å². The van der Waals surface area contributed by atoms with Gasteiger partial charge in [0.1, 0.15) is 0 Å². The van der Waals surface area contributed by atoms with Gasteiger partial charge in [0.25, 0.3) is 0 Å². The third-order valence-corrected chi connectivity index (χ3v) is 12.7. The Balaban J connectivity index is 1.26. The highest BCUT2D eigenvalue weighted by atomic mass is 15.1. The van der Waals surface area contributed by atoms with Crippen molar-refractivity contribution in [1.82, 2.24) is 0 Å². The van der Waals surface area contributed by atoms with Gasteiger partial charge < -0.3 is 9.80 Å². The predicted octanol–water partition coefficient (Wildman–Crippen LogP) is 15.4. The van der Waals surface area contributed by atoms with Crippen LogP contribution in [0.15, 0.2) is 151 Å². The van der Waals surface area contributed by atoms with Crippen LogP contribution in [0, 0.1) is 0 Å². The van der Waals surface area contributed by atoms with Crippen LogP contribution in [-0.4, -0.2) is 0 Å². The number of allylic oxidation sites excluding steroid dienone is 3. The number of para-hydroxylation sites is 3. The fourth-order valence-corrected chi connectivity index (χ4v) is 10.3. The lowest BCUT2D eigenvalue weighted by atomic mass is 9.70. The van der Waals surface area contributed by atoms with Crippen molar-refractivity contribution >= 4 is 28.4 Å². The van der Waals surface area contributed by atoms with Crippen molar-refractivity contribution < 1.29 is 0 Å². The minimum Gasteiger partial charge on any atom is -0.311 e. The molecular weight excluding hydrogens is 677 g/mol. The van der Waals surface area contributed by atoms with Gasteiger partial charge in [-0.15, -0.1) is 0 Å². The molecule has 0 amide bonds. The molecule has 0 atom stereocenters. The summed E-state index contributed by atoms with van der Waals surface area (Å²) in [4.78, 5) is 4.85. The summed E-state index contributed by atoms with van der Waals surface area (Å²) in [6, 6.07) is 47.1. The van der Waals surface area contributed by atoms with Crippen LogP contribution in [0.25, 0.3) is 22.3 Å². The summed E-state index contributed by atoms with van der Waals surface area (Å²) < 4.78 is 0. The normalized spacial score (nSPS) is 15.6. The molecule has 56 heavy (non-hydrogen) atoms. The van der Waals surface area contributed by atoms with Crippen LogP contribution in [0.1, 0.15) is 113 Å². The summed E-state index contributed by atoms with van der Waals surface area (Å²) in [6.07, 6.45) is 9.16. The molecule has 0 heterocycles. The minimum atomic E-state index is -0.200. The van der Waals surface area contributed by atoms with E-state index in [1.54, 1.807) is 0 Å². The van der Waals surface area contributed by atoms with Crippen LogP contribution in [-0.2, 0) is 10.8 Å². The van der Waals surface area contributed by atoms with E-state index in [1.165, 1.54) is 78.4 Å². The molecule has 0 fully saturated rings. The van der Waals surface area contributed by atoms with E-state index in [0.717, 1.165) is 24.2 Å². The van der Waals surface area contributed by atoms with Crippen LogP contribution in [0.4, 0.5) is 28.4 Å². The highest BCUT2D eigenvalue weighted by Gasteiger charge is 2.48. The average molecular weight is 731 g/mol. The molecule has 2 heteroatoms. The van der Waals surface area contributed by atoms with Gasteiger partial charge in [-0.2, -0.15) is 0 Å². The lowest BCUT2D eigenvalue weighted by Crippen LogP contribution is -2.23. The van der Waals surface area contributed by atoms with Crippen molar-refractivity contribution in [1.29, 1.82) is 0 Å². The number of rotatable bonds is 8. The standard InChI is InChI=1S/C54H54N2/c1-35(2)47-49-43-31-29-41(55(37-21-13-9-14-22-37)38-23-15-10-16-24-38)33-45(43)54(7,8)52(49)48(36(3)4)50-44-32-30-42(34-46(44)53(5,6)51(47)50)56(39-25-17-11-18-26-39)40-27-19-12-20-28-40/h9-11,13-19,21-36H,12,20H2,1-8H3. The first-order valence-electron chi connectivity index (χ1n) is 20.7. The van der Waals surface area contributed by atoms with Crippen molar-refractivity contribution in [2.75, 3.05) is 9.80 Å². The van der Waals surface area contributed by atoms with Crippen LogP contribution in [0.2, 0.25) is 0 Å². The van der Waals surface area contributed by atoms with Crippen LogP contribution in [0.5, 0.6) is 0 Å². The van der Waals surface area contributed by atoms with Crippen molar-refractivity contribution in [3.05, 3.63) is 185 Å². The van der Waals surface area contributed by atoms with E-state index in [9.17, 15) is 0 Å². The van der Waals surface area contributed by atoms with Gasteiger partial charge in [0, 0.05) is 45.0 Å². The van der Waals surface area contributed by atoms with Gasteiger partial charge in [0.2, 0.25) is 0 Å². The van der Waals surface area contributed by atoms with Crippen LogP contribution >= 0.6 is 0 Å². The van der Waals surface area contributed by atoms with E-state index in [4.69, 9.17) is 0 Å². The molecule has 6 aromatic rings. The lowest BCUT2D eigenvalue weighted by Gasteiger charge is -2.33. The Morgan fingerprint density at radius 2 is 0.875 bits per heavy atom. The molecule has 0 saturated carbocycles. The van der Waals surface area contributed by atoms with Gasteiger partial charge in [0.15, 0.2) is 0 Å². The van der Waals surface area contributed by atoms with Gasteiger partial charge in [-0.3, -0.25) is 0 Å². The Bertz CT molecular complexity index is 2480. The fourth-order valence-electron chi connectivity index (χ4n) is 10.3. The molecule has 3 aliphatic rings. The predicted molar refractivity (Wildman–Crippen MR) is 239 cm³/mol.